The van der Waals surface area contributed by atoms with Crippen LogP contribution in [-0.4, -0.2) is 82.8 Å². The minimum absolute atomic E-state index is 0.0774. The summed E-state index contributed by atoms with van der Waals surface area (Å²) in [4.78, 5) is 48.5. The van der Waals surface area contributed by atoms with E-state index in [0.29, 0.717) is 0 Å². The normalized spacial score (nSPS) is 11.4. The molecule has 0 bridgehead atoms. The van der Waals surface area contributed by atoms with Gasteiger partial charge in [-0.2, -0.15) is 21.6 Å². The molecule has 0 saturated carbocycles. The van der Waals surface area contributed by atoms with Gasteiger partial charge < -0.3 is 47.7 Å². The first kappa shape index (κ1) is 52.1. The highest BCUT2D eigenvalue weighted by atomic mass is 35.5. The molecule has 0 spiro atoms. The molecule has 0 aliphatic heterocycles. The number of esters is 1. The molecule has 0 unspecified atom stereocenters. The number of carbonyl (C=O) groups is 3. The summed E-state index contributed by atoms with van der Waals surface area (Å²) < 4.78 is 67.1. The van der Waals surface area contributed by atoms with Crippen LogP contribution in [0.2, 0.25) is 10.3 Å². The largest absolute Gasteiger partial charge is 0.522 e. The number of alkyl halides is 3. The van der Waals surface area contributed by atoms with Crippen LogP contribution in [0, 0.1) is 6.92 Å². The molecule has 3 heterocycles. The van der Waals surface area contributed by atoms with E-state index in [1.807, 2.05) is 34.6 Å². The van der Waals surface area contributed by atoms with Crippen LogP contribution in [0.25, 0.3) is 0 Å². The number of aromatic carboxylic acids is 1. The first-order chi connectivity index (χ1) is 24.8. The van der Waals surface area contributed by atoms with Crippen LogP contribution in [-0.2, 0) is 19.6 Å². The summed E-state index contributed by atoms with van der Waals surface area (Å²) in [6.45, 7) is 14.6. The molecule has 20 nitrogen and oxygen atoms in total. The first-order valence-corrected chi connectivity index (χ1v) is 17.2. The third kappa shape index (κ3) is 22.1. The van der Waals surface area contributed by atoms with Gasteiger partial charge in [0.1, 0.15) is 11.5 Å². The highest BCUT2D eigenvalue weighted by molar-refractivity contribution is 7.86. The fourth-order valence-corrected chi connectivity index (χ4v) is 2.59. The maximum atomic E-state index is 12.0. The highest BCUT2D eigenvalue weighted by Gasteiger charge is 2.44. The Balaban J connectivity index is 0. The van der Waals surface area contributed by atoms with Crippen molar-refractivity contribution in [3.8, 4) is 0 Å². The molecule has 0 fully saturated rings. The molecule has 3 rings (SSSR count). The van der Waals surface area contributed by atoms with Gasteiger partial charge in [-0.15, -0.1) is 0 Å². The van der Waals surface area contributed by atoms with E-state index in [1.165, 1.54) is 6.92 Å². The lowest BCUT2D eigenvalue weighted by atomic mass is 10.0. The van der Waals surface area contributed by atoms with Gasteiger partial charge in [0.2, 0.25) is 5.91 Å². The molecule has 1 amide bonds. The van der Waals surface area contributed by atoms with Crippen LogP contribution in [0.3, 0.4) is 0 Å². The van der Waals surface area contributed by atoms with E-state index < -0.39 is 38.9 Å². The monoisotopic (exact) mass is 850 g/mol. The number of hydrogen-bond donors (Lipinski definition) is 8. The summed E-state index contributed by atoms with van der Waals surface area (Å²) in [6.07, 6.45) is 4.36. The Labute approximate surface area is 323 Å². The number of nitrogen functional groups attached to an aromatic ring is 4. The van der Waals surface area contributed by atoms with E-state index in [9.17, 15) is 27.6 Å². The van der Waals surface area contributed by atoms with E-state index >= 15 is 0 Å². The van der Waals surface area contributed by atoms with Gasteiger partial charge in [-0.3, -0.25) is 9.35 Å². The Morgan fingerprint density at radius 3 is 1.64 bits per heavy atom. The number of nitrogens with zero attached hydrogens (tertiary/aromatic N) is 5. The molecule has 0 aliphatic rings. The minimum atomic E-state index is -5.84. The zero-order valence-electron chi connectivity index (χ0n) is 30.7. The van der Waals surface area contributed by atoms with Crippen LogP contribution < -0.4 is 28.3 Å². The third-order valence-corrected chi connectivity index (χ3v) is 7.00. The predicted molar refractivity (Wildman–Crippen MR) is 196 cm³/mol. The summed E-state index contributed by atoms with van der Waals surface area (Å²) in [5.41, 5.74) is 14.4. The molecule has 26 heteroatoms. The molecular weight excluding hydrogens is 808 g/mol. The molecule has 0 aliphatic carbocycles. The van der Waals surface area contributed by atoms with Crippen LogP contribution in [0.5, 0.6) is 0 Å². The second kappa shape index (κ2) is 22.4. The fourth-order valence-electron chi connectivity index (χ4n) is 2.34. The lowest BCUT2D eigenvalue weighted by Gasteiger charge is -2.23. The molecule has 3 aromatic rings. The Morgan fingerprint density at radius 2 is 1.33 bits per heavy atom. The Bertz CT molecular complexity index is 1880. The highest BCUT2D eigenvalue weighted by Crippen LogP contribution is 2.21. The van der Waals surface area contributed by atoms with Crippen molar-refractivity contribution in [2.75, 3.05) is 22.9 Å². The number of anilines is 4. The zero-order chi connectivity index (χ0) is 43.7. The van der Waals surface area contributed by atoms with Crippen LogP contribution in [0.4, 0.5) is 36.4 Å². The summed E-state index contributed by atoms with van der Waals surface area (Å²) in [5.74, 6) is -2.24. The number of hydrogen-bond acceptors (Lipinski definition) is 17. The number of nitrogens with one attached hydrogen (secondary N) is 1. The Hall–Kier alpha value is -5.04. The van der Waals surface area contributed by atoms with Crippen molar-refractivity contribution in [2.45, 2.75) is 84.9 Å². The third-order valence-electron chi connectivity index (χ3n) is 5.86. The van der Waals surface area contributed by atoms with Crippen molar-refractivity contribution in [2.24, 2.45) is 0 Å². The molecule has 55 heavy (non-hydrogen) atoms. The lowest BCUT2D eigenvalue weighted by molar-refractivity contribution is -0.118. The summed E-state index contributed by atoms with van der Waals surface area (Å²) >= 11 is 11.1. The molecule has 0 saturated heterocycles. The number of nitrogens with two attached hydrogens (primary N) is 4. The molecule has 12 N–H and O–H groups in total. The van der Waals surface area contributed by atoms with Crippen molar-refractivity contribution in [1.82, 2.24) is 30.4 Å². The number of amides is 1. The first-order valence-electron chi connectivity index (χ1n) is 15.0. The van der Waals surface area contributed by atoms with Gasteiger partial charge in [0.05, 0.1) is 11.8 Å². The topological polar surface area (TPSA) is 349 Å². The zero-order valence-corrected chi connectivity index (χ0v) is 33.0. The van der Waals surface area contributed by atoms with Gasteiger partial charge >= 0.3 is 27.6 Å². The summed E-state index contributed by atoms with van der Waals surface area (Å²) in [7, 11) is -5.84. The molecule has 310 valence electrons. The van der Waals surface area contributed by atoms with Gasteiger partial charge in [-0.25, -0.2) is 29.5 Å². The molecule has 3 aromatic heterocycles. The standard InChI is InChI=1S/C14H20ClN5O3.C5H5ClN4O2.C5H12O.C4H5NO.CHF3O3S/c1-5-14(3,4)20-8(21)6-7(2)23-13(22)9-11(16)19-12(17)10(15)18-9;6-2-4(8)10-3(7)1(9-2)5(11)12;1-4-5(2,3)6;1-4-2-3-5-6-4;2-1(3,4)8(5,6)7/h6H,5H2,1-4H3,(H,20,21)(H4,16,17,19);(H,11,12)(H4,7,8,10);6H,4H2,1-3H3;2-3H,1H3;(H,5,6,7)/b7-6+;;;;. The number of aryl methyl sites for hydroxylation is 1. The van der Waals surface area contributed by atoms with Crippen LogP contribution in [0.15, 0.2) is 28.6 Å². The van der Waals surface area contributed by atoms with E-state index in [-0.39, 0.29) is 56.5 Å². The van der Waals surface area contributed by atoms with Gasteiger partial charge in [-0.05, 0) is 54.4 Å². The number of aliphatic hydroxyl groups is 1. The number of carboxylic acid groups (broad SMARTS) is 1. The van der Waals surface area contributed by atoms with Crippen molar-refractivity contribution in [1.29, 1.82) is 0 Å². The van der Waals surface area contributed by atoms with E-state index in [2.05, 4.69) is 34.9 Å². The quantitative estimate of drug-likeness (QED) is 0.0543. The van der Waals surface area contributed by atoms with Gasteiger partial charge in [0.25, 0.3) is 0 Å². The van der Waals surface area contributed by atoms with Crippen molar-refractivity contribution in [3.63, 3.8) is 0 Å². The fraction of sp³-hybridized carbons (Fsp3) is 0.448. The van der Waals surface area contributed by atoms with E-state index in [1.54, 1.807) is 26.1 Å². The maximum absolute atomic E-state index is 12.0. The number of carbonyl (C=O) groups excluding carboxylic acids is 2. The molecule has 0 radical (unpaired) electrons. The number of rotatable bonds is 7. The van der Waals surface area contributed by atoms with Crippen LogP contribution in [0.1, 0.15) is 88.0 Å². The van der Waals surface area contributed by atoms with Gasteiger partial charge in [0, 0.05) is 17.7 Å². The van der Waals surface area contributed by atoms with Crippen molar-refractivity contribution >= 4 is 74.4 Å². The van der Waals surface area contributed by atoms with Crippen molar-refractivity contribution in [3.05, 3.63) is 51.6 Å². The van der Waals surface area contributed by atoms with E-state index in [4.69, 9.17) is 74.1 Å². The molecule has 0 aromatic carbocycles. The second-order valence-corrected chi connectivity index (χ2v) is 13.8. The maximum Gasteiger partial charge on any atom is 0.522 e. The lowest BCUT2D eigenvalue weighted by Crippen LogP contribution is -2.42. The summed E-state index contributed by atoms with van der Waals surface area (Å²) in [6, 6.07) is 1.81. The number of carboxylic acids is 1. The molecule has 0 atom stereocenters. The Morgan fingerprint density at radius 1 is 0.909 bits per heavy atom. The van der Waals surface area contributed by atoms with Gasteiger partial charge in [-0.1, -0.05) is 42.2 Å². The predicted octanol–water partition coefficient (Wildman–Crippen LogP) is 4.20. The number of halogens is 5. The SMILES string of the molecule is CCC(C)(C)NC(=O)/C=C(\C)OC(=O)c1nc(Cl)c(N)nc1N.CCC(C)(C)O.Cc1ccno1.Nc1nc(N)c(C(=O)O)nc1Cl.O=S(=O)(O)C(F)(F)F. The van der Waals surface area contributed by atoms with Crippen molar-refractivity contribution < 1.29 is 60.0 Å². The second-order valence-electron chi connectivity index (χ2n) is 11.7. The average Bonchev–Trinajstić information content (AvgIpc) is 3.50. The number of ether oxygens (including phenoxy) is 1. The average molecular weight is 852 g/mol. The number of aromatic nitrogens is 5. The smallest absolute Gasteiger partial charge is 0.476 e. The minimum Gasteiger partial charge on any atom is -0.476 e. The van der Waals surface area contributed by atoms with Crippen LogP contribution >= 0.6 is 23.2 Å². The summed E-state index contributed by atoms with van der Waals surface area (Å²) in [5, 5.41) is 23.2. The molecular formula is C29H43Cl2F3N10O10S. The van der Waals surface area contributed by atoms with Gasteiger partial charge in [0.15, 0.2) is 45.0 Å². The van der Waals surface area contributed by atoms with E-state index in [0.717, 1.165) is 24.7 Å². The Kier molecular flexibility index (Phi) is 21.2. The number of allylic oxidation sites excluding steroid dienone is 1.